The van der Waals surface area contributed by atoms with E-state index in [1.807, 2.05) is 0 Å². The third-order valence-corrected chi connectivity index (χ3v) is 3.37. The maximum absolute atomic E-state index is 13.8. The van der Waals surface area contributed by atoms with Crippen molar-refractivity contribution in [2.24, 2.45) is 5.73 Å². The predicted molar refractivity (Wildman–Crippen MR) is 72.5 cm³/mol. The van der Waals surface area contributed by atoms with Crippen molar-refractivity contribution in [3.05, 3.63) is 29.8 Å². The molecule has 0 aliphatic heterocycles. The number of halogens is 2. The van der Waals surface area contributed by atoms with Gasteiger partial charge in [0.15, 0.2) is 5.82 Å². The van der Waals surface area contributed by atoms with Gasteiger partial charge in [-0.1, -0.05) is 6.07 Å². The number of para-hydroxylation sites is 1. The molecule has 0 saturated carbocycles. The Morgan fingerprint density at radius 1 is 1.53 bits per heavy atom. The molecule has 0 saturated heterocycles. The second-order valence-corrected chi connectivity index (χ2v) is 5.61. The molecule has 1 aromatic carbocycles. The van der Waals surface area contributed by atoms with E-state index in [-0.39, 0.29) is 5.52 Å². The zero-order chi connectivity index (χ0) is 14.4. The minimum absolute atomic E-state index is 0.194. The van der Waals surface area contributed by atoms with Crippen LogP contribution in [0.15, 0.2) is 18.2 Å². The molecule has 6 heteroatoms. The number of alkyl halides is 1. The van der Waals surface area contributed by atoms with Gasteiger partial charge in [0.05, 0.1) is 10.9 Å². The fourth-order valence-electron chi connectivity index (χ4n) is 2.05. The highest BCUT2D eigenvalue weighted by Crippen LogP contribution is 2.31. The average molecular weight is 284 g/mol. The van der Waals surface area contributed by atoms with Crippen molar-refractivity contribution >= 4 is 28.5 Å². The Hall–Kier alpha value is -1.62. The first-order valence-corrected chi connectivity index (χ1v) is 6.31. The van der Waals surface area contributed by atoms with Gasteiger partial charge >= 0.3 is 0 Å². The largest absolute Gasteiger partial charge is 0.368 e. The number of primary amides is 1. The number of aromatic nitrogens is 2. The summed E-state index contributed by atoms with van der Waals surface area (Å²) in [5.74, 6) is -0.560. The smallest absolute Gasteiger partial charge is 0.243 e. The van der Waals surface area contributed by atoms with Crippen LogP contribution in [0.3, 0.4) is 0 Å². The molecular formula is C13H15ClFN3O. The third-order valence-electron chi connectivity index (χ3n) is 3.18. The summed E-state index contributed by atoms with van der Waals surface area (Å²) in [7, 11) is 0. The number of imidazole rings is 1. The Morgan fingerprint density at radius 3 is 2.68 bits per heavy atom. The number of hydrogen-bond acceptors (Lipinski definition) is 2. The van der Waals surface area contributed by atoms with Crippen LogP contribution >= 0.6 is 11.6 Å². The van der Waals surface area contributed by atoms with Gasteiger partial charge in [0, 0.05) is 0 Å². The lowest BCUT2D eigenvalue weighted by Crippen LogP contribution is -2.42. The van der Waals surface area contributed by atoms with Gasteiger partial charge in [0.2, 0.25) is 5.91 Å². The Labute approximate surface area is 115 Å². The number of nitrogens with zero attached hydrogens (tertiary/aromatic N) is 2. The number of amides is 1. The molecule has 0 radical (unpaired) electrons. The molecule has 0 spiro atoms. The van der Waals surface area contributed by atoms with Gasteiger partial charge < -0.3 is 10.3 Å². The van der Waals surface area contributed by atoms with Gasteiger partial charge in [-0.25, -0.2) is 9.37 Å². The standard InChI is InChI=1S/C13H15ClFN3O/c1-7(14)11-17-10-8(15)5-4-6-9(10)18(11)13(2,3)12(16)19/h4-7H,1-3H3,(H2,16,19). The summed E-state index contributed by atoms with van der Waals surface area (Å²) in [5, 5.41) is -0.467. The van der Waals surface area contributed by atoms with Crippen LogP contribution < -0.4 is 5.73 Å². The number of benzene rings is 1. The van der Waals surface area contributed by atoms with Crippen molar-refractivity contribution in [2.75, 3.05) is 0 Å². The zero-order valence-electron chi connectivity index (χ0n) is 10.9. The lowest BCUT2D eigenvalue weighted by molar-refractivity contribution is -0.125. The third kappa shape index (κ3) is 2.08. The van der Waals surface area contributed by atoms with Crippen LogP contribution in [0, 0.1) is 5.82 Å². The molecule has 0 aliphatic carbocycles. The molecule has 1 aromatic heterocycles. The minimum atomic E-state index is -1.04. The first-order chi connectivity index (χ1) is 8.76. The maximum atomic E-state index is 13.8. The van der Waals surface area contributed by atoms with Crippen molar-refractivity contribution in [3.63, 3.8) is 0 Å². The lowest BCUT2D eigenvalue weighted by atomic mass is 10.0. The molecule has 0 aliphatic rings. The van der Waals surface area contributed by atoms with Crippen molar-refractivity contribution in [2.45, 2.75) is 31.7 Å². The van der Waals surface area contributed by atoms with E-state index in [0.717, 1.165) is 0 Å². The first-order valence-electron chi connectivity index (χ1n) is 5.88. The maximum Gasteiger partial charge on any atom is 0.243 e. The quantitative estimate of drug-likeness (QED) is 0.881. The highest BCUT2D eigenvalue weighted by Gasteiger charge is 2.33. The fraction of sp³-hybridized carbons (Fsp3) is 0.385. The Bertz CT molecular complexity index is 649. The minimum Gasteiger partial charge on any atom is -0.368 e. The van der Waals surface area contributed by atoms with Crippen LogP contribution in [0.2, 0.25) is 0 Å². The second kappa shape index (κ2) is 4.49. The number of carbonyl (C=O) groups excluding carboxylic acids is 1. The Kier molecular flexibility index (Phi) is 3.26. The van der Waals surface area contributed by atoms with E-state index in [2.05, 4.69) is 4.98 Å². The summed E-state index contributed by atoms with van der Waals surface area (Å²) in [6, 6.07) is 4.58. The summed E-state index contributed by atoms with van der Waals surface area (Å²) in [4.78, 5) is 15.9. The predicted octanol–water partition coefficient (Wildman–Crippen LogP) is 2.70. The molecule has 19 heavy (non-hydrogen) atoms. The molecule has 0 bridgehead atoms. The van der Waals surface area contributed by atoms with Gasteiger partial charge in [-0.2, -0.15) is 0 Å². The van der Waals surface area contributed by atoms with E-state index in [1.165, 1.54) is 6.07 Å². The van der Waals surface area contributed by atoms with Crippen LogP contribution in [0.25, 0.3) is 11.0 Å². The summed E-state index contributed by atoms with van der Waals surface area (Å²) in [5.41, 5.74) is 5.09. The summed E-state index contributed by atoms with van der Waals surface area (Å²) < 4.78 is 15.4. The SMILES string of the molecule is CC(Cl)c1nc2c(F)cccc2n1C(C)(C)C(N)=O. The highest BCUT2D eigenvalue weighted by atomic mass is 35.5. The normalized spacial score (nSPS) is 13.7. The summed E-state index contributed by atoms with van der Waals surface area (Å²) >= 11 is 6.08. The molecule has 2 N–H and O–H groups in total. The fourth-order valence-corrected chi connectivity index (χ4v) is 2.19. The second-order valence-electron chi connectivity index (χ2n) is 4.95. The Morgan fingerprint density at radius 2 is 2.16 bits per heavy atom. The number of carbonyl (C=O) groups is 1. The summed E-state index contributed by atoms with van der Waals surface area (Å²) in [6.45, 7) is 5.03. The first kappa shape index (κ1) is 13.8. The van der Waals surface area contributed by atoms with Crippen LogP contribution in [0.1, 0.15) is 32.0 Å². The van der Waals surface area contributed by atoms with Crippen molar-refractivity contribution in [1.29, 1.82) is 0 Å². The van der Waals surface area contributed by atoms with Crippen LogP contribution in [0.4, 0.5) is 4.39 Å². The molecular weight excluding hydrogens is 269 g/mol. The highest BCUT2D eigenvalue weighted by molar-refractivity contribution is 6.20. The number of fused-ring (bicyclic) bond motifs is 1. The molecule has 4 nitrogen and oxygen atoms in total. The number of nitrogens with two attached hydrogens (primary N) is 1. The number of hydrogen-bond donors (Lipinski definition) is 1. The van der Waals surface area contributed by atoms with E-state index in [4.69, 9.17) is 17.3 Å². The molecule has 1 amide bonds. The van der Waals surface area contributed by atoms with Gasteiger partial charge in [-0.3, -0.25) is 4.79 Å². The van der Waals surface area contributed by atoms with Crippen LogP contribution in [-0.2, 0) is 10.3 Å². The van der Waals surface area contributed by atoms with Crippen molar-refractivity contribution in [3.8, 4) is 0 Å². The Balaban J connectivity index is 2.88. The molecule has 2 rings (SSSR count). The molecule has 2 aromatic rings. The average Bonchev–Trinajstić information content (AvgIpc) is 2.70. The van der Waals surface area contributed by atoms with E-state index >= 15 is 0 Å². The van der Waals surface area contributed by atoms with Gasteiger partial charge in [-0.05, 0) is 32.9 Å². The molecule has 0 fully saturated rings. The molecule has 1 heterocycles. The van der Waals surface area contributed by atoms with Crippen molar-refractivity contribution in [1.82, 2.24) is 9.55 Å². The summed E-state index contributed by atoms with van der Waals surface area (Å²) in [6.07, 6.45) is 0. The van der Waals surface area contributed by atoms with E-state index in [0.29, 0.717) is 11.3 Å². The monoisotopic (exact) mass is 283 g/mol. The lowest BCUT2D eigenvalue weighted by Gasteiger charge is -2.26. The zero-order valence-corrected chi connectivity index (χ0v) is 11.7. The van der Waals surface area contributed by atoms with Gasteiger partial charge in [-0.15, -0.1) is 11.6 Å². The van der Waals surface area contributed by atoms with Crippen LogP contribution in [-0.4, -0.2) is 15.5 Å². The van der Waals surface area contributed by atoms with E-state index in [1.54, 1.807) is 37.5 Å². The van der Waals surface area contributed by atoms with Gasteiger partial charge in [0.25, 0.3) is 0 Å². The van der Waals surface area contributed by atoms with E-state index in [9.17, 15) is 9.18 Å². The molecule has 102 valence electrons. The van der Waals surface area contributed by atoms with Crippen LogP contribution in [0.5, 0.6) is 0 Å². The van der Waals surface area contributed by atoms with Crippen molar-refractivity contribution < 1.29 is 9.18 Å². The molecule has 1 unspecified atom stereocenters. The molecule has 1 atom stereocenters. The number of rotatable bonds is 3. The van der Waals surface area contributed by atoms with Gasteiger partial charge in [0.1, 0.15) is 16.9 Å². The van der Waals surface area contributed by atoms with E-state index < -0.39 is 22.6 Å². The topological polar surface area (TPSA) is 60.9 Å².